The van der Waals surface area contributed by atoms with E-state index in [0.29, 0.717) is 22.7 Å². The van der Waals surface area contributed by atoms with Gasteiger partial charge in [0.25, 0.3) is 0 Å². The third-order valence-corrected chi connectivity index (χ3v) is 4.64. The number of hydrogen-bond acceptors (Lipinski definition) is 6. The molecule has 1 fully saturated rings. The Morgan fingerprint density at radius 1 is 1.11 bits per heavy atom. The number of halogens is 3. The van der Waals surface area contributed by atoms with Crippen LogP contribution in [0.1, 0.15) is 25.7 Å². The first-order chi connectivity index (χ1) is 13.4. The van der Waals surface area contributed by atoms with Crippen LogP contribution in [0, 0.1) is 0 Å². The second kappa shape index (κ2) is 7.27. The number of aliphatic hydroxyl groups is 1. The Kier molecular flexibility index (Phi) is 4.80. The van der Waals surface area contributed by atoms with Gasteiger partial charge in [0.15, 0.2) is 5.65 Å². The molecule has 7 nitrogen and oxygen atoms in total. The van der Waals surface area contributed by atoms with E-state index in [-0.39, 0.29) is 17.9 Å². The zero-order valence-corrected chi connectivity index (χ0v) is 14.7. The fourth-order valence-corrected chi connectivity index (χ4v) is 3.31. The van der Waals surface area contributed by atoms with Gasteiger partial charge in [0.1, 0.15) is 17.1 Å². The van der Waals surface area contributed by atoms with Crippen LogP contribution >= 0.6 is 0 Å². The van der Waals surface area contributed by atoms with Gasteiger partial charge in [-0.3, -0.25) is 0 Å². The van der Waals surface area contributed by atoms with Crippen molar-refractivity contribution in [3.8, 4) is 11.4 Å². The lowest BCUT2D eigenvalue weighted by molar-refractivity contribution is -0.274. The van der Waals surface area contributed by atoms with Gasteiger partial charge >= 0.3 is 6.36 Å². The number of aromatic nitrogens is 4. The summed E-state index contributed by atoms with van der Waals surface area (Å²) in [6, 6.07) is 9.24. The number of benzene rings is 1. The van der Waals surface area contributed by atoms with Crippen LogP contribution in [0.5, 0.6) is 5.75 Å². The van der Waals surface area contributed by atoms with E-state index < -0.39 is 6.36 Å². The van der Waals surface area contributed by atoms with Crippen LogP contribution in [0.4, 0.5) is 19.0 Å². The van der Waals surface area contributed by atoms with Crippen molar-refractivity contribution in [3.05, 3.63) is 36.4 Å². The van der Waals surface area contributed by atoms with Gasteiger partial charge in [0.05, 0.1) is 11.8 Å². The van der Waals surface area contributed by atoms with Crippen molar-refractivity contribution in [1.82, 2.24) is 20.0 Å². The highest BCUT2D eigenvalue weighted by Gasteiger charge is 2.31. The maximum atomic E-state index is 12.5. The Morgan fingerprint density at radius 3 is 2.64 bits per heavy atom. The third kappa shape index (κ3) is 4.16. The monoisotopic (exact) mass is 393 g/mol. The number of hydrogen-bond donors (Lipinski definition) is 2. The van der Waals surface area contributed by atoms with Crippen LogP contribution in [0.15, 0.2) is 36.4 Å². The SMILES string of the molecule is O[C@H]1CC[C@@H](Nc2ccc3nnn(-c4cccc(OC(F)(F)F)c4)c3n2)CC1. The molecule has 2 aromatic heterocycles. The minimum absolute atomic E-state index is 0.209. The predicted octanol–water partition coefficient (Wildman–Crippen LogP) is 3.43. The second-order valence-electron chi connectivity index (χ2n) is 6.74. The van der Waals surface area contributed by atoms with Gasteiger partial charge in [0, 0.05) is 12.1 Å². The van der Waals surface area contributed by atoms with Crippen molar-refractivity contribution in [1.29, 1.82) is 0 Å². The van der Waals surface area contributed by atoms with E-state index in [1.165, 1.54) is 22.9 Å². The summed E-state index contributed by atoms with van der Waals surface area (Å²) in [5.41, 5.74) is 1.30. The molecule has 2 N–H and O–H groups in total. The van der Waals surface area contributed by atoms with Crippen LogP contribution in [0.25, 0.3) is 16.9 Å². The van der Waals surface area contributed by atoms with Crippen LogP contribution in [0.2, 0.25) is 0 Å². The number of nitrogens with one attached hydrogen (secondary N) is 1. The normalized spacial score (nSPS) is 20.3. The number of fused-ring (bicyclic) bond motifs is 1. The lowest BCUT2D eigenvalue weighted by atomic mass is 9.93. The first-order valence-corrected chi connectivity index (χ1v) is 8.91. The molecule has 10 heteroatoms. The average Bonchev–Trinajstić information content (AvgIpc) is 3.06. The first kappa shape index (κ1) is 18.5. The van der Waals surface area contributed by atoms with Crippen molar-refractivity contribution in [3.63, 3.8) is 0 Å². The minimum atomic E-state index is -4.77. The van der Waals surface area contributed by atoms with Crippen LogP contribution in [-0.4, -0.2) is 43.6 Å². The average molecular weight is 393 g/mol. The maximum Gasteiger partial charge on any atom is 0.573 e. The van der Waals surface area contributed by atoms with Gasteiger partial charge < -0.3 is 15.2 Å². The molecule has 0 aliphatic heterocycles. The van der Waals surface area contributed by atoms with E-state index in [1.807, 2.05) is 0 Å². The molecule has 0 amide bonds. The summed E-state index contributed by atoms with van der Waals surface area (Å²) >= 11 is 0. The Bertz CT molecular complexity index is 967. The molecule has 2 heterocycles. The summed E-state index contributed by atoms with van der Waals surface area (Å²) < 4.78 is 42.8. The van der Waals surface area contributed by atoms with E-state index in [9.17, 15) is 18.3 Å². The van der Waals surface area contributed by atoms with E-state index >= 15 is 0 Å². The van der Waals surface area contributed by atoms with Crippen molar-refractivity contribution in [2.45, 2.75) is 44.2 Å². The number of rotatable bonds is 4. The molecule has 3 aromatic rings. The summed E-state index contributed by atoms with van der Waals surface area (Å²) in [7, 11) is 0. The molecule has 0 atom stereocenters. The highest BCUT2D eigenvalue weighted by Crippen LogP contribution is 2.26. The molecule has 28 heavy (non-hydrogen) atoms. The van der Waals surface area contributed by atoms with Crippen molar-refractivity contribution < 1.29 is 23.0 Å². The number of anilines is 1. The van der Waals surface area contributed by atoms with Crippen molar-refractivity contribution in [2.24, 2.45) is 0 Å². The Labute approximate surface area is 158 Å². The fourth-order valence-electron chi connectivity index (χ4n) is 3.31. The summed E-state index contributed by atoms with van der Waals surface area (Å²) in [5, 5.41) is 21.0. The standard InChI is InChI=1S/C18H18F3N5O2/c19-18(20,21)28-14-3-1-2-12(10-14)26-17-15(24-25-26)8-9-16(23-17)22-11-4-6-13(27)7-5-11/h1-3,8-11,13,27H,4-7H2,(H,22,23)/t11-,13+. The van der Waals surface area contributed by atoms with Gasteiger partial charge in [0.2, 0.25) is 0 Å². The van der Waals surface area contributed by atoms with Gasteiger partial charge in [-0.05, 0) is 49.9 Å². The highest BCUT2D eigenvalue weighted by atomic mass is 19.4. The van der Waals surface area contributed by atoms with E-state index in [1.54, 1.807) is 18.2 Å². The number of ether oxygens (including phenoxy) is 1. The van der Waals surface area contributed by atoms with E-state index in [0.717, 1.165) is 25.7 Å². The predicted molar refractivity (Wildman–Crippen MR) is 95.2 cm³/mol. The molecule has 0 radical (unpaired) electrons. The molecular weight excluding hydrogens is 375 g/mol. The lowest BCUT2D eigenvalue weighted by Gasteiger charge is -2.26. The second-order valence-corrected chi connectivity index (χ2v) is 6.74. The molecule has 0 spiro atoms. The zero-order valence-electron chi connectivity index (χ0n) is 14.7. The number of alkyl halides is 3. The number of aliphatic hydroxyl groups excluding tert-OH is 1. The topological polar surface area (TPSA) is 85.1 Å². The zero-order chi connectivity index (χ0) is 19.7. The van der Waals surface area contributed by atoms with Crippen LogP contribution in [0.3, 0.4) is 0 Å². The van der Waals surface area contributed by atoms with Gasteiger partial charge in [-0.15, -0.1) is 18.3 Å². The molecule has 0 unspecified atom stereocenters. The van der Waals surface area contributed by atoms with Gasteiger partial charge in [-0.25, -0.2) is 4.98 Å². The van der Waals surface area contributed by atoms with Crippen LogP contribution < -0.4 is 10.1 Å². The molecule has 1 aliphatic carbocycles. The summed E-state index contributed by atoms with van der Waals surface area (Å²) in [6.07, 6.45) is -1.85. The quantitative estimate of drug-likeness (QED) is 0.707. The fraction of sp³-hybridized carbons (Fsp3) is 0.389. The molecular formula is C18H18F3N5O2. The Balaban J connectivity index is 1.61. The Hall–Kier alpha value is -2.88. The van der Waals surface area contributed by atoms with Crippen LogP contribution in [-0.2, 0) is 0 Å². The van der Waals surface area contributed by atoms with E-state index in [4.69, 9.17) is 0 Å². The largest absolute Gasteiger partial charge is 0.573 e. The molecule has 4 rings (SSSR count). The third-order valence-electron chi connectivity index (χ3n) is 4.64. The molecule has 1 aromatic carbocycles. The van der Waals surface area contributed by atoms with Gasteiger partial charge in [-0.1, -0.05) is 11.3 Å². The van der Waals surface area contributed by atoms with Crippen molar-refractivity contribution in [2.75, 3.05) is 5.32 Å². The molecule has 148 valence electrons. The summed E-state index contributed by atoms with van der Waals surface area (Å²) in [6.45, 7) is 0. The van der Waals surface area contributed by atoms with Crippen molar-refractivity contribution >= 4 is 17.0 Å². The van der Waals surface area contributed by atoms with E-state index in [2.05, 4.69) is 25.3 Å². The molecule has 1 aliphatic rings. The lowest BCUT2D eigenvalue weighted by Crippen LogP contribution is -2.28. The smallest absolute Gasteiger partial charge is 0.406 e. The number of pyridine rings is 1. The molecule has 1 saturated carbocycles. The highest BCUT2D eigenvalue weighted by molar-refractivity contribution is 5.74. The maximum absolute atomic E-state index is 12.5. The number of nitrogens with zero attached hydrogens (tertiary/aromatic N) is 4. The van der Waals surface area contributed by atoms with Gasteiger partial charge in [-0.2, -0.15) is 4.68 Å². The molecule has 0 saturated heterocycles. The Morgan fingerprint density at radius 2 is 1.89 bits per heavy atom. The summed E-state index contributed by atoms with van der Waals surface area (Å²) in [5.74, 6) is 0.281. The summed E-state index contributed by atoms with van der Waals surface area (Å²) in [4.78, 5) is 4.53. The first-order valence-electron chi connectivity index (χ1n) is 8.91. The minimum Gasteiger partial charge on any atom is -0.406 e. The molecule has 0 bridgehead atoms.